The molecule has 4 rings (SSSR count). The fourth-order valence-corrected chi connectivity index (χ4v) is 3.31. The predicted molar refractivity (Wildman–Crippen MR) is 103 cm³/mol. The van der Waals surface area contributed by atoms with Crippen LogP contribution < -0.4 is 5.32 Å². The molecule has 0 bridgehead atoms. The van der Waals surface area contributed by atoms with E-state index in [-0.39, 0.29) is 5.91 Å². The fraction of sp³-hybridized carbons (Fsp3) is 0.273. The molecule has 1 aliphatic rings. The monoisotopic (exact) mass is 399 g/mol. The Morgan fingerprint density at radius 3 is 2.48 bits per heavy atom. The molecule has 1 amide bonds. The molecule has 1 saturated carbocycles. The maximum Gasteiger partial charge on any atom is 0.416 e. The highest BCUT2D eigenvalue weighted by Gasteiger charge is 2.30. The summed E-state index contributed by atoms with van der Waals surface area (Å²) < 4.78 is 40.2. The molecule has 29 heavy (non-hydrogen) atoms. The molecule has 1 fully saturated rings. The number of nitrogens with zero attached hydrogens (tertiary/aromatic N) is 2. The van der Waals surface area contributed by atoms with Crippen LogP contribution >= 0.6 is 0 Å². The third-order valence-electron chi connectivity index (χ3n) is 5.12. The first kappa shape index (κ1) is 19.2. The van der Waals surface area contributed by atoms with Gasteiger partial charge in [0.05, 0.1) is 23.5 Å². The van der Waals surface area contributed by atoms with Gasteiger partial charge in [0.1, 0.15) is 0 Å². The number of aryl methyl sites for hydroxylation is 1. The Hall–Kier alpha value is -3.09. The average molecular weight is 399 g/mol. The van der Waals surface area contributed by atoms with E-state index in [1.54, 1.807) is 28.9 Å². The number of alkyl halides is 3. The zero-order chi connectivity index (χ0) is 20.6. The van der Waals surface area contributed by atoms with Crippen LogP contribution in [-0.2, 0) is 19.8 Å². The second kappa shape index (κ2) is 7.39. The molecule has 150 valence electrons. The van der Waals surface area contributed by atoms with Crippen LogP contribution in [0.2, 0.25) is 0 Å². The highest BCUT2D eigenvalue weighted by Crippen LogP contribution is 2.39. The molecule has 0 radical (unpaired) electrons. The van der Waals surface area contributed by atoms with Crippen molar-refractivity contribution in [2.75, 3.05) is 0 Å². The van der Waals surface area contributed by atoms with Crippen LogP contribution in [0.25, 0.3) is 11.1 Å². The third kappa shape index (κ3) is 4.18. The molecule has 0 aliphatic heterocycles. The summed E-state index contributed by atoms with van der Waals surface area (Å²) in [5, 5.41) is 7.38. The van der Waals surface area contributed by atoms with Gasteiger partial charge in [-0.1, -0.05) is 30.3 Å². The number of rotatable bonds is 5. The van der Waals surface area contributed by atoms with E-state index in [1.807, 2.05) is 13.1 Å². The second-order valence-corrected chi connectivity index (χ2v) is 7.26. The van der Waals surface area contributed by atoms with Crippen molar-refractivity contribution in [2.24, 2.45) is 7.05 Å². The van der Waals surface area contributed by atoms with Gasteiger partial charge in [-0.05, 0) is 48.2 Å². The Labute approximate surface area is 166 Å². The topological polar surface area (TPSA) is 46.9 Å². The fourth-order valence-electron chi connectivity index (χ4n) is 3.31. The van der Waals surface area contributed by atoms with Crippen LogP contribution in [0.1, 0.15) is 46.1 Å². The van der Waals surface area contributed by atoms with E-state index in [0.717, 1.165) is 36.4 Å². The van der Waals surface area contributed by atoms with Gasteiger partial charge in [0, 0.05) is 18.5 Å². The minimum absolute atomic E-state index is 0.283. The molecule has 7 heteroatoms. The van der Waals surface area contributed by atoms with Gasteiger partial charge in [-0.25, -0.2) is 0 Å². The lowest BCUT2D eigenvalue weighted by Crippen LogP contribution is -2.24. The van der Waals surface area contributed by atoms with E-state index in [1.165, 1.54) is 12.1 Å². The molecular weight excluding hydrogens is 379 g/mol. The lowest BCUT2D eigenvalue weighted by atomic mass is 9.98. The first-order valence-electron chi connectivity index (χ1n) is 9.40. The highest BCUT2D eigenvalue weighted by atomic mass is 19.4. The van der Waals surface area contributed by atoms with E-state index in [9.17, 15) is 18.0 Å². The highest BCUT2D eigenvalue weighted by molar-refractivity contribution is 6.00. The van der Waals surface area contributed by atoms with E-state index < -0.39 is 11.7 Å². The van der Waals surface area contributed by atoms with Crippen molar-refractivity contribution in [2.45, 2.75) is 31.5 Å². The number of nitrogens with one attached hydrogen (secondary N) is 1. The van der Waals surface area contributed by atoms with Crippen LogP contribution in [0.5, 0.6) is 0 Å². The number of hydrogen-bond donors (Lipinski definition) is 1. The van der Waals surface area contributed by atoms with Crippen molar-refractivity contribution in [3.63, 3.8) is 0 Å². The number of amides is 1. The number of carbonyl (C=O) groups excluding carboxylic acids is 1. The quantitative estimate of drug-likeness (QED) is 0.662. The summed E-state index contributed by atoms with van der Waals surface area (Å²) in [5.41, 5.74) is 2.81. The Bertz CT molecular complexity index is 1030. The van der Waals surface area contributed by atoms with Crippen LogP contribution in [0.4, 0.5) is 13.2 Å². The van der Waals surface area contributed by atoms with Gasteiger partial charge in [0.25, 0.3) is 5.91 Å². The molecule has 3 aromatic rings. The molecular formula is C22H20F3N3O. The lowest BCUT2D eigenvalue weighted by molar-refractivity contribution is -0.137. The number of aromatic nitrogens is 2. The summed E-state index contributed by atoms with van der Waals surface area (Å²) in [6.45, 7) is 0.330. The Morgan fingerprint density at radius 2 is 1.83 bits per heavy atom. The molecule has 0 saturated heterocycles. The van der Waals surface area contributed by atoms with Crippen LogP contribution in [0, 0.1) is 0 Å². The Morgan fingerprint density at radius 1 is 1.14 bits per heavy atom. The van der Waals surface area contributed by atoms with E-state index in [0.29, 0.717) is 29.2 Å². The molecule has 2 aromatic carbocycles. The van der Waals surface area contributed by atoms with Gasteiger partial charge in [-0.3, -0.25) is 9.48 Å². The average Bonchev–Trinajstić information content (AvgIpc) is 3.49. The third-order valence-corrected chi connectivity index (χ3v) is 5.12. The zero-order valence-corrected chi connectivity index (χ0v) is 15.8. The Balaban J connectivity index is 1.52. The molecule has 0 atom stereocenters. The maximum atomic E-state index is 12.8. The summed E-state index contributed by atoms with van der Waals surface area (Å²) in [7, 11) is 1.85. The van der Waals surface area contributed by atoms with Crippen molar-refractivity contribution in [3.05, 3.63) is 77.1 Å². The molecule has 1 heterocycles. The van der Waals surface area contributed by atoms with E-state index >= 15 is 0 Å². The normalized spacial score (nSPS) is 14.1. The SMILES string of the molecule is Cn1nc(C2CC2)cc1CNC(=O)c1ccccc1-c1ccc(C(F)(F)F)cc1. The van der Waals surface area contributed by atoms with Crippen molar-refractivity contribution in [1.82, 2.24) is 15.1 Å². The van der Waals surface area contributed by atoms with Crippen LogP contribution in [0.3, 0.4) is 0 Å². The minimum atomic E-state index is -4.39. The number of carbonyl (C=O) groups is 1. The van der Waals surface area contributed by atoms with Crippen LogP contribution in [-0.4, -0.2) is 15.7 Å². The van der Waals surface area contributed by atoms with Crippen molar-refractivity contribution in [1.29, 1.82) is 0 Å². The molecule has 0 spiro atoms. The van der Waals surface area contributed by atoms with Gasteiger partial charge >= 0.3 is 6.18 Å². The summed E-state index contributed by atoms with van der Waals surface area (Å²) >= 11 is 0. The van der Waals surface area contributed by atoms with Crippen molar-refractivity contribution in [3.8, 4) is 11.1 Å². The zero-order valence-electron chi connectivity index (χ0n) is 15.8. The summed E-state index contributed by atoms with van der Waals surface area (Å²) in [6.07, 6.45) is -2.08. The summed E-state index contributed by atoms with van der Waals surface area (Å²) in [6, 6.07) is 13.7. The van der Waals surface area contributed by atoms with Gasteiger partial charge in [0.15, 0.2) is 0 Å². The Kier molecular flexibility index (Phi) is 4.90. The first-order chi connectivity index (χ1) is 13.8. The number of halogens is 3. The first-order valence-corrected chi connectivity index (χ1v) is 9.40. The molecule has 1 aromatic heterocycles. The maximum absolute atomic E-state index is 12.8. The molecule has 0 unspecified atom stereocenters. The predicted octanol–water partition coefficient (Wildman–Crippen LogP) is 4.91. The second-order valence-electron chi connectivity index (χ2n) is 7.26. The van der Waals surface area contributed by atoms with Crippen LogP contribution in [0.15, 0.2) is 54.6 Å². The molecule has 1 aliphatic carbocycles. The summed E-state index contributed by atoms with van der Waals surface area (Å²) in [4.78, 5) is 12.8. The van der Waals surface area contributed by atoms with Gasteiger partial charge in [0.2, 0.25) is 0 Å². The smallest absolute Gasteiger partial charge is 0.346 e. The van der Waals surface area contributed by atoms with Gasteiger partial charge < -0.3 is 5.32 Å². The largest absolute Gasteiger partial charge is 0.416 e. The standard InChI is InChI=1S/C22H20F3N3O/c1-28-17(12-20(27-28)15-6-7-15)13-26-21(29)19-5-3-2-4-18(19)14-8-10-16(11-9-14)22(23,24)25/h2-5,8-12,15H,6-7,13H2,1H3,(H,26,29). The minimum Gasteiger partial charge on any atom is -0.346 e. The molecule has 4 nitrogen and oxygen atoms in total. The van der Waals surface area contributed by atoms with E-state index in [4.69, 9.17) is 0 Å². The molecule has 1 N–H and O–H groups in total. The van der Waals surface area contributed by atoms with Gasteiger partial charge in [-0.2, -0.15) is 18.3 Å². The number of hydrogen-bond acceptors (Lipinski definition) is 2. The van der Waals surface area contributed by atoms with Crippen molar-refractivity contribution >= 4 is 5.91 Å². The van der Waals surface area contributed by atoms with E-state index in [2.05, 4.69) is 10.4 Å². The number of benzene rings is 2. The van der Waals surface area contributed by atoms with Gasteiger partial charge in [-0.15, -0.1) is 0 Å². The summed E-state index contributed by atoms with van der Waals surface area (Å²) in [5.74, 6) is 0.251. The lowest BCUT2D eigenvalue weighted by Gasteiger charge is -2.12. The van der Waals surface area contributed by atoms with Crippen molar-refractivity contribution < 1.29 is 18.0 Å².